The molecule has 4 aliphatic carbocycles. The van der Waals surface area contributed by atoms with Gasteiger partial charge in [-0.3, -0.25) is 14.9 Å². The van der Waals surface area contributed by atoms with Gasteiger partial charge in [0.2, 0.25) is 0 Å². The lowest BCUT2D eigenvalue weighted by atomic mass is 9.54. The van der Waals surface area contributed by atoms with Crippen molar-refractivity contribution in [2.24, 2.45) is 23.7 Å². The van der Waals surface area contributed by atoms with Crippen molar-refractivity contribution >= 4 is 17.3 Å². The van der Waals surface area contributed by atoms with Gasteiger partial charge in [0.25, 0.3) is 11.6 Å². The van der Waals surface area contributed by atoms with E-state index in [9.17, 15) is 28.1 Å². The molecule has 5 rings (SSSR count). The number of amides is 1. The second-order valence-corrected chi connectivity index (χ2v) is 8.96. The molecule has 0 spiro atoms. The Kier molecular flexibility index (Phi) is 5.04. The van der Waals surface area contributed by atoms with E-state index in [-0.39, 0.29) is 0 Å². The number of rotatable bonds is 5. The summed E-state index contributed by atoms with van der Waals surface area (Å²) in [7, 11) is 0. The first-order valence-corrected chi connectivity index (χ1v) is 10.1. The number of nitrogens with one attached hydrogen (secondary N) is 1. The zero-order valence-electron chi connectivity index (χ0n) is 16.1. The number of nitro groups is 1. The third kappa shape index (κ3) is 3.97. The maximum atomic E-state index is 13.3. The van der Waals surface area contributed by atoms with Gasteiger partial charge in [0.1, 0.15) is 0 Å². The van der Waals surface area contributed by atoms with Crippen LogP contribution in [-0.2, 0) is 11.0 Å². The highest BCUT2D eigenvalue weighted by molar-refractivity contribution is 5.94. The molecule has 1 aromatic carbocycles. The summed E-state index contributed by atoms with van der Waals surface area (Å²) in [5.74, 6) is 2.28. The first-order chi connectivity index (χ1) is 13.6. The van der Waals surface area contributed by atoms with Crippen LogP contribution in [0.25, 0.3) is 0 Å². The Morgan fingerprint density at radius 3 is 2.28 bits per heavy atom. The minimum Gasteiger partial charge on any atom is -0.333 e. The van der Waals surface area contributed by atoms with E-state index in [0.29, 0.717) is 23.9 Å². The lowest BCUT2D eigenvalue weighted by Crippen LogP contribution is -2.99. The van der Waals surface area contributed by atoms with Crippen LogP contribution in [0.3, 0.4) is 0 Å². The van der Waals surface area contributed by atoms with Crippen molar-refractivity contribution in [2.75, 3.05) is 5.32 Å². The minimum absolute atomic E-state index is 0.350. The molecule has 4 bridgehead atoms. The first-order valence-electron chi connectivity index (χ1n) is 10.1. The van der Waals surface area contributed by atoms with Crippen molar-refractivity contribution in [3.05, 3.63) is 33.9 Å². The van der Waals surface area contributed by atoms with Crippen LogP contribution in [0, 0.1) is 33.8 Å². The fourth-order valence-electron chi connectivity index (χ4n) is 5.94. The molecule has 1 atom stereocenters. The molecule has 0 aliphatic heterocycles. The second kappa shape index (κ2) is 7.27. The highest BCUT2D eigenvalue weighted by Gasteiger charge is 2.51. The van der Waals surface area contributed by atoms with Crippen LogP contribution < -0.4 is 10.6 Å². The van der Waals surface area contributed by atoms with E-state index in [2.05, 4.69) is 5.32 Å². The highest BCUT2D eigenvalue weighted by atomic mass is 19.4. The van der Waals surface area contributed by atoms with Crippen molar-refractivity contribution in [1.29, 1.82) is 0 Å². The summed E-state index contributed by atoms with van der Waals surface area (Å²) in [5.41, 5.74) is -2.32. The van der Waals surface area contributed by atoms with Crippen molar-refractivity contribution in [3.63, 3.8) is 0 Å². The van der Waals surface area contributed by atoms with Crippen LogP contribution in [0.2, 0.25) is 0 Å². The molecule has 1 amide bonds. The third-order valence-electron chi connectivity index (χ3n) is 7.00. The average molecular weight is 412 g/mol. The molecule has 3 N–H and O–H groups in total. The topological polar surface area (TPSA) is 88.8 Å². The molecule has 4 fully saturated rings. The zero-order valence-corrected chi connectivity index (χ0v) is 16.1. The summed E-state index contributed by atoms with van der Waals surface area (Å²) in [6.07, 6.45) is 1.32. The van der Waals surface area contributed by atoms with E-state index in [1.165, 1.54) is 32.1 Å². The number of hydrogen-bond acceptors (Lipinski definition) is 3. The molecule has 0 unspecified atom stereocenters. The first kappa shape index (κ1) is 20.1. The summed E-state index contributed by atoms with van der Waals surface area (Å²) in [6, 6.07) is 2.20. The second-order valence-electron chi connectivity index (χ2n) is 8.96. The number of halogens is 3. The van der Waals surface area contributed by atoms with Crippen molar-refractivity contribution in [1.82, 2.24) is 0 Å². The van der Waals surface area contributed by atoms with Gasteiger partial charge < -0.3 is 10.6 Å². The quantitative estimate of drug-likeness (QED) is 0.574. The van der Waals surface area contributed by atoms with Crippen molar-refractivity contribution in [2.45, 2.75) is 57.3 Å². The third-order valence-corrected chi connectivity index (χ3v) is 7.00. The standard InChI is InChI=1S/C20H24F3N3O3/c1-10(24-18-13-5-11-4-12(7-13)8-14(18)6-11)19(27)25-17-3-2-15(26(28)29)9-16(17)20(21,22)23/h2-3,9-14,18,24H,4-8H2,1H3,(H,25,27)/p+1/t10-,11?,12?,13?,14?,18?/m0/s1. The van der Waals surface area contributed by atoms with Gasteiger partial charge in [-0.1, -0.05) is 0 Å². The van der Waals surface area contributed by atoms with E-state index in [1.807, 2.05) is 5.32 Å². The molecule has 9 heteroatoms. The fraction of sp³-hybridized carbons (Fsp3) is 0.650. The smallest absolute Gasteiger partial charge is 0.333 e. The minimum atomic E-state index is -4.80. The number of quaternary nitrogens is 1. The molecular weight excluding hydrogens is 387 g/mol. The van der Waals surface area contributed by atoms with E-state index in [4.69, 9.17) is 0 Å². The molecular formula is C20H25F3N3O3+. The summed E-state index contributed by atoms with van der Waals surface area (Å²) in [4.78, 5) is 22.6. The Bertz CT molecular complexity index is 799. The SMILES string of the molecule is C[C@H]([NH2+]C1C2CC3CC(C2)CC1C3)C(=O)Nc1ccc([N+](=O)[O-])cc1C(F)(F)F. The molecule has 29 heavy (non-hydrogen) atoms. The van der Waals surface area contributed by atoms with Crippen LogP contribution >= 0.6 is 0 Å². The average Bonchev–Trinajstić information content (AvgIpc) is 2.63. The molecule has 6 nitrogen and oxygen atoms in total. The molecule has 158 valence electrons. The van der Waals surface area contributed by atoms with Gasteiger partial charge in [-0.05, 0) is 56.9 Å². The number of carbonyl (C=O) groups excluding carboxylic acids is 1. The monoisotopic (exact) mass is 412 g/mol. The molecule has 0 aromatic heterocycles. The van der Waals surface area contributed by atoms with Crippen LogP contribution in [-0.4, -0.2) is 22.9 Å². The van der Waals surface area contributed by atoms with Gasteiger partial charge in [0.05, 0.1) is 22.2 Å². The van der Waals surface area contributed by atoms with Crippen LogP contribution in [0.4, 0.5) is 24.5 Å². The highest BCUT2D eigenvalue weighted by Crippen LogP contribution is 2.52. The number of benzene rings is 1. The Morgan fingerprint density at radius 1 is 1.17 bits per heavy atom. The largest absolute Gasteiger partial charge is 0.418 e. The summed E-state index contributed by atoms with van der Waals surface area (Å²) < 4.78 is 40.0. The van der Waals surface area contributed by atoms with Gasteiger partial charge >= 0.3 is 6.18 Å². The van der Waals surface area contributed by atoms with E-state index < -0.39 is 40.0 Å². The normalized spacial score (nSPS) is 31.5. The summed E-state index contributed by atoms with van der Waals surface area (Å²) in [6.45, 7) is 1.71. The van der Waals surface area contributed by atoms with E-state index in [0.717, 1.165) is 24.0 Å². The Morgan fingerprint density at radius 2 is 1.76 bits per heavy atom. The predicted octanol–water partition coefficient (Wildman–Crippen LogP) is 3.33. The Hall–Kier alpha value is -2.16. The molecule has 4 aliphatic rings. The van der Waals surface area contributed by atoms with E-state index >= 15 is 0 Å². The summed E-state index contributed by atoms with van der Waals surface area (Å²) >= 11 is 0. The number of non-ortho nitro benzene ring substituents is 1. The molecule has 0 saturated heterocycles. The number of anilines is 1. The van der Waals surface area contributed by atoms with Crippen LogP contribution in [0.15, 0.2) is 18.2 Å². The number of nitrogens with two attached hydrogens (primary N) is 1. The van der Waals surface area contributed by atoms with Gasteiger partial charge in [0.15, 0.2) is 6.04 Å². The maximum absolute atomic E-state index is 13.3. The Labute approximate surface area is 166 Å². The van der Waals surface area contributed by atoms with Crippen molar-refractivity contribution < 1.29 is 28.2 Å². The van der Waals surface area contributed by atoms with Gasteiger partial charge in [-0.25, -0.2) is 0 Å². The van der Waals surface area contributed by atoms with E-state index in [1.54, 1.807) is 6.92 Å². The lowest BCUT2D eigenvalue weighted by Gasteiger charge is -2.53. The summed E-state index contributed by atoms with van der Waals surface area (Å²) in [5, 5.41) is 15.2. The molecule has 1 aromatic rings. The van der Waals surface area contributed by atoms with Gasteiger partial charge in [0, 0.05) is 24.0 Å². The number of alkyl halides is 3. The fourth-order valence-corrected chi connectivity index (χ4v) is 5.94. The Balaban J connectivity index is 1.46. The maximum Gasteiger partial charge on any atom is 0.418 e. The number of nitro benzene ring substituents is 1. The molecule has 4 saturated carbocycles. The zero-order chi connectivity index (χ0) is 20.9. The predicted molar refractivity (Wildman–Crippen MR) is 98.9 cm³/mol. The van der Waals surface area contributed by atoms with Gasteiger partial charge in [-0.2, -0.15) is 13.2 Å². The number of carbonyl (C=O) groups is 1. The van der Waals surface area contributed by atoms with Crippen LogP contribution in [0.5, 0.6) is 0 Å². The number of hydrogen-bond donors (Lipinski definition) is 2. The number of nitrogens with zero attached hydrogens (tertiary/aromatic N) is 1. The van der Waals surface area contributed by atoms with Crippen LogP contribution in [0.1, 0.15) is 44.6 Å². The van der Waals surface area contributed by atoms with Gasteiger partial charge in [-0.15, -0.1) is 0 Å². The molecule has 0 radical (unpaired) electrons. The van der Waals surface area contributed by atoms with Crippen molar-refractivity contribution in [3.8, 4) is 0 Å². The molecule has 0 heterocycles. The lowest BCUT2D eigenvalue weighted by molar-refractivity contribution is -0.724.